The van der Waals surface area contributed by atoms with Gasteiger partial charge in [-0.25, -0.2) is 4.39 Å². The van der Waals surface area contributed by atoms with E-state index in [2.05, 4.69) is 0 Å². The highest BCUT2D eigenvalue weighted by atomic mass is 19.1. The summed E-state index contributed by atoms with van der Waals surface area (Å²) in [5, 5.41) is 0. The Balaban J connectivity index is 2.29. The fourth-order valence-corrected chi connectivity index (χ4v) is 2.23. The summed E-state index contributed by atoms with van der Waals surface area (Å²) >= 11 is 0. The van der Waals surface area contributed by atoms with Crippen molar-refractivity contribution in [3.05, 3.63) is 59.4 Å². The van der Waals surface area contributed by atoms with Crippen LogP contribution in [0.4, 0.5) is 4.39 Å². The Morgan fingerprint density at radius 1 is 1.10 bits per heavy atom. The van der Waals surface area contributed by atoms with Gasteiger partial charge < -0.3 is 14.3 Å². The van der Waals surface area contributed by atoms with Crippen molar-refractivity contribution in [3.63, 3.8) is 0 Å². The molecule has 21 heavy (non-hydrogen) atoms. The number of hydrogen-bond donors (Lipinski definition) is 0. The Morgan fingerprint density at radius 3 is 2.43 bits per heavy atom. The lowest BCUT2D eigenvalue weighted by atomic mass is 9.93. The van der Waals surface area contributed by atoms with Gasteiger partial charge in [-0.15, -0.1) is 0 Å². The number of aldehydes is 1. The van der Waals surface area contributed by atoms with Gasteiger partial charge in [0.1, 0.15) is 12.1 Å². The quantitative estimate of drug-likeness (QED) is 0.765. The van der Waals surface area contributed by atoms with E-state index in [0.29, 0.717) is 23.5 Å². The molecule has 0 saturated carbocycles. The zero-order valence-corrected chi connectivity index (χ0v) is 12.0. The average Bonchev–Trinajstić information content (AvgIpc) is 2.53. The first-order chi connectivity index (χ1) is 10.2. The first kappa shape index (κ1) is 15.0. The van der Waals surface area contributed by atoms with Crippen molar-refractivity contribution in [1.29, 1.82) is 0 Å². The molecule has 2 rings (SSSR count). The molecule has 0 spiro atoms. The van der Waals surface area contributed by atoms with Gasteiger partial charge in [-0.3, -0.25) is 0 Å². The van der Waals surface area contributed by atoms with Crippen molar-refractivity contribution in [2.75, 3.05) is 14.2 Å². The minimum Gasteiger partial charge on any atom is -0.493 e. The Kier molecular flexibility index (Phi) is 4.93. The van der Waals surface area contributed by atoms with Crippen LogP contribution in [0.3, 0.4) is 0 Å². The molecule has 0 radical (unpaired) electrons. The fourth-order valence-electron chi connectivity index (χ4n) is 2.23. The number of halogens is 1. The van der Waals surface area contributed by atoms with Gasteiger partial charge in [0.15, 0.2) is 11.5 Å². The normalized spacial score (nSPS) is 11.8. The first-order valence-corrected chi connectivity index (χ1v) is 6.60. The molecular formula is C17H17FO3. The second-order valence-corrected chi connectivity index (χ2v) is 4.65. The highest BCUT2D eigenvalue weighted by Gasteiger charge is 2.16. The van der Waals surface area contributed by atoms with E-state index >= 15 is 0 Å². The Hall–Kier alpha value is -2.36. The van der Waals surface area contributed by atoms with Crippen LogP contribution in [-0.4, -0.2) is 20.5 Å². The van der Waals surface area contributed by atoms with Crippen LogP contribution in [0.5, 0.6) is 11.5 Å². The number of carbonyl (C=O) groups is 1. The zero-order chi connectivity index (χ0) is 15.2. The average molecular weight is 288 g/mol. The van der Waals surface area contributed by atoms with Gasteiger partial charge in [0.25, 0.3) is 0 Å². The van der Waals surface area contributed by atoms with Crippen LogP contribution in [-0.2, 0) is 11.2 Å². The van der Waals surface area contributed by atoms with Crippen LogP contribution in [0.1, 0.15) is 17.0 Å². The topological polar surface area (TPSA) is 35.5 Å². The van der Waals surface area contributed by atoms with E-state index in [1.807, 2.05) is 0 Å². The third-order valence-electron chi connectivity index (χ3n) is 3.40. The van der Waals surface area contributed by atoms with E-state index in [0.717, 1.165) is 11.8 Å². The standard InChI is InChI=1S/C17H17FO3/c1-20-16-8-7-12(10-17(16)21-2)14(11-19)9-13-5-3-4-6-15(13)18/h3-8,10-11,14H,9H2,1-2H3. The molecule has 2 aromatic rings. The van der Waals surface area contributed by atoms with E-state index in [9.17, 15) is 9.18 Å². The monoisotopic (exact) mass is 288 g/mol. The minimum absolute atomic E-state index is 0.301. The number of rotatable bonds is 6. The number of hydrogen-bond acceptors (Lipinski definition) is 3. The molecule has 0 heterocycles. The van der Waals surface area contributed by atoms with E-state index in [1.54, 1.807) is 43.5 Å². The maximum absolute atomic E-state index is 13.7. The lowest BCUT2D eigenvalue weighted by Crippen LogP contribution is -2.06. The Labute approximate surface area is 123 Å². The van der Waals surface area contributed by atoms with Gasteiger partial charge in [-0.2, -0.15) is 0 Å². The molecule has 4 heteroatoms. The van der Waals surface area contributed by atoms with Gasteiger partial charge >= 0.3 is 0 Å². The first-order valence-electron chi connectivity index (χ1n) is 6.60. The SMILES string of the molecule is COc1ccc(C(C=O)Cc2ccccc2F)cc1OC. The lowest BCUT2D eigenvalue weighted by Gasteiger charge is -2.14. The predicted octanol–water partition coefficient (Wildman–Crippen LogP) is 3.37. The number of methoxy groups -OCH3 is 2. The number of ether oxygens (including phenoxy) is 2. The summed E-state index contributed by atoms with van der Waals surface area (Å²) in [6, 6.07) is 11.8. The molecule has 0 fully saturated rings. The Bertz CT molecular complexity index is 625. The predicted molar refractivity (Wildman–Crippen MR) is 78.5 cm³/mol. The second-order valence-electron chi connectivity index (χ2n) is 4.65. The fraction of sp³-hybridized carbons (Fsp3) is 0.235. The van der Waals surface area contributed by atoms with Crippen LogP contribution in [0, 0.1) is 5.82 Å². The van der Waals surface area contributed by atoms with Crippen molar-refractivity contribution in [3.8, 4) is 11.5 Å². The minimum atomic E-state index is -0.429. The Morgan fingerprint density at radius 2 is 1.81 bits per heavy atom. The van der Waals surface area contributed by atoms with Crippen molar-refractivity contribution in [1.82, 2.24) is 0 Å². The summed E-state index contributed by atoms with van der Waals surface area (Å²) < 4.78 is 24.1. The van der Waals surface area contributed by atoms with Crippen molar-refractivity contribution >= 4 is 6.29 Å². The van der Waals surface area contributed by atoms with Crippen LogP contribution in [0.15, 0.2) is 42.5 Å². The molecular weight excluding hydrogens is 271 g/mol. The smallest absolute Gasteiger partial charge is 0.161 e. The summed E-state index contributed by atoms with van der Waals surface area (Å²) in [7, 11) is 3.09. The molecule has 0 aliphatic heterocycles. The van der Waals surface area contributed by atoms with Crippen molar-refractivity contribution < 1.29 is 18.7 Å². The van der Waals surface area contributed by atoms with Crippen molar-refractivity contribution in [2.24, 2.45) is 0 Å². The molecule has 0 aliphatic carbocycles. The third-order valence-corrected chi connectivity index (χ3v) is 3.40. The summed E-state index contributed by atoms with van der Waals surface area (Å²) in [5.74, 6) is 0.415. The van der Waals surface area contributed by atoms with E-state index in [4.69, 9.17) is 9.47 Å². The van der Waals surface area contributed by atoms with Gasteiger partial charge in [-0.05, 0) is 35.7 Å². The highest BCUT2D eigenvalue weighted by molar-refractivity contribution is 5.64. The maximum atomic E-state index is 13.7. The summed E-state index contributed by atoms with van der Waals surface area (Å²) in [6.45, 7) is 0. The molecule has 0 N–H and O–H groups in total. The number of carbonyl (C=O) groups excluding carboxylic acids is 1. The molecule has 0 amide bonds. The van der Waals surface area contributed by atoms with Gasteiger partial charge in [-0.1, -0.05) is 24.3 Å². The summed E-state index contributed by atoms with van der Waals surface area (Å²) in [5.41, 5.74) is 1.29. The van der Waals surface area contributed by atoms with E-state index in [-0.39, 0.29) is 5.82 Å². The van der Waals surface area contributed by atoms with Crippen LogP contribution < -0.4 is 9.47 Å². The van der Waals surface area contributed by atoms with Gasteiger partial charge in [0.05, 0.1) is 14.2 Å². The number of benzene rings is 2. The summed E-state index contributed by atoms with van der Waals surface area (Å²) in [6.07, 6.45) is 1.14. The van der Waals surface area contributed by atoms with Crippen molar-refractivity contribution in [2.45, 2.75) is 12.3 Å². The van der Waals surface area contributed by atoms with Crippen LogP contribution >= 0.6 is 0 Å². The third kappa shape index (κ3) is 3.40. The molecule has 1 unspecified atom stereocenters. The molecule has 110 valence electrons. The molecule has 2 aromatic carbocycles. The molecule has 0 saturated heterocycles. The van der Waals surface area contributed by atoms with E-state index in [1.165, 1.54) is 13.2 Å². The molecule has 0 aliphatic rings. The van der Waals surface area contributed by atoms with E-state index < -0.39 is 5.92 Å². The lowest BCUT2D eigenvalue weighted by molar-refractivity contribution is -0.109. The molecule has 3 nitrogen and oxygen atoms in total. The molecule has 0 bridgehead atoms. The zero-order valence-electron chi connectivity index (χ0n) is 12.0. The second kappa shape index (κ2) is 6.88. The van der Waals surface area contributed by atoms with Gasteiger partial charge in [0.2, 0.25) is 0 Å². The van der Waals surface area contributed by atoms with Crippen LogP contribution in [0.2, 0.25) is 0 Å². The largest absolute Gasteiger partial charge is 0.493 e. The van der Waals surface area contributed by atoms with Gasteiger partial charge in [0, 0.05) is 5.92 Å². The van der Waals surface area contributed by atoms with Crippen LogP contribution in [0.25, 0.3) is 0 Å². The summed E-state index contributed by atoms with van der Waals surface area (Å²) in [4.78, 5) is 11.4. The maximum Gasteiger partial charge on any atom is 0.161 e. The highest BCUT2D eigenvalue weighted by Crippen LogP contribution is 2.31. The molecule has 1 atom stereocenters. The molecule has 0 aromatic heterocycles.